The molecule has 6 aromatic rings. The fraction of sp³-hybridized carbons (Fsp3) is 0.0323. The predicted octanol–water partition coefficient (Wildman–Crippen LogP) is 7.31. The molecule has 166 valence electrons. The molecular weight excluding hydrogens is 495 g/mol. The van der Waals surface area contributed by atoms with Crippen LogP contribution in [0.5, 0.6) is 11.5 Å². The van der Waals surface area contributed by atoms with E-state index in [0.717, 1.165) is 32.8 Å². The van der Waals surface area contributed by atoms with Crippen LogP contribution < -0.4 is 4.74 Å². The molecule has 0 N–H and O–H groups in total. The molecule has 0 aliphatic heterocycles. The fourth-order valence-corrected chi connectivity index (χ4v) is 6.96. The molecule has 35 heavy (non-hydrogen) atoms. The van der Waals surface area contributed by atoms with Crippen molar-refractivity contribution in [1.29, 1.82) is 0 Å². The molecule has 0 saturated carbocycles. The van der Waals surface area contributed by atoms with Crippen molar-refractivity contribution in [2.75, 3.05) is 0 Å². The SMILES string of the molecule is c1ccc(C2c3ccccc3-c3ccc(Oc4cccc(-c5nc6ccccc6[se]5)c4)cc32)nc1. The Kier molecular flexibility index (Phi) is 4.87. The van der Waals surface area contributed by atoms with Crippen molar-refractivity contribution in [2.24, 2.45) is 0 Å². The van der Waals surface area contributed by atoms with E-state index in [0.29, 0.717) is 0 Å². The average Bonchev–Trinajstić information content (AvgIpc) is 3.49. The van der Waals surface area contributed by atoms with Crippen LogP contribution >= 0.6 is 0 Å². The molecule has 0 amide bonds. The van der Waals surface area contributed by atoms with E-state index >= 15 is 0 Å². The van der Waals surface area contributed by atoms with Gasteiger partial charge >= 0.3 is 204 Å². The van der Waals surface area contributed by atoms with Gasteiger partial charge in [0.05, 0.1) is 0 Å². The van der Waals surface area contributed by atoms with E-state index < -0.39 is 0 Å². The molecule has 4 aromatic carbocycles. The Morgan fingerprint density at radius 2 is 1.49 bits per heavy atom. The van der Waals surface area contributed by atoms with Gasteiger partial charge in [-0.3, -0.25) is 0 Å². The summed E-state index contributed by atoms with van der Waals surface area (Å²) >= 11 is 0.213. The van der Waals surface area contributed by atoms with E-state index in [1.165, 1.54) is 26.5 Å². The summed E-state index contributed by atoms with van der Waals surface area (Å²) in [5, 5.41) is 0. The molecule has 2 heterocycles. The first-order chi connectivity index (χ1) is 17.3. The van der Waals surface area contributed by atoms with Crippen molar-refractivity contribution in [3.63, 3.8) is 0 Å². The van der Waals surface area contributed by atoms with Gasteiger partial charge in [-0.25, -0.2) is 0 Å². The maximum absolute atomic E-state index is 6.40. The number of benzene rings is 4. The second kappa shape index (κ2) is 8.35. The first kappa shape index (κ1) is 20.4. The molecule has 2 aromatic heterocycles. The van der Waals surface area contributed by atoms with Gasteiger partial charge < -0.3 is 0 Å². The summed E-state index contributed by atoms with van der Waals surface area (Å²) in [6, 6.07) is 37.8. The number of fused-ring (bicyclic) bond motifs is 4. The number of hydrogen-bond acceptors (Lipinski definition) is 3. The molecule has 1 unspecified atom stereocenters. The Morgan fingerprint density at radius 1 is 0.657 bits per heavy atom. The number of aromatic nitrogens is 2. The van der Waals surface area contributed by atoms with Crippen LogP contribution in [-0.2, 0) is 0 Å². The van der Waals surface area contributed by atoms with E-state index in [4.69, 9.17) is 14.7 Å². The van der Waals surface area contributed by atoms with Gasteiger partial charge in [-0.2, -0.15) is 0 Å². The van der Waals surface area contributed by atoms with Crippen molar-refractivity contribution >= 4 is 24.3 Å². The van der Waals surface area contributed by atoms with Crippen LogP contribution in [0.3, 0.4) is 0 Å². The monoisotopic (exact) mass is 516 g/mol. The Morgan fingerprint density at radius 3 is 2.40 bits per heavy atom. The van der Waals surface area contributed by atoms with Crippen LogP contribution in [0.4, 0.5) is 0 Å². The summed E-state index contributed by atoms with van der Waals surface area (Å²) in [4.78, 5) is 9.56. The number of pyridine rings is 1. The first-order valence-corrected chi connectivity index (χ1v) is 13.3. The van der Waals surface area contributed by atoms with Crippen molar-refractivity contribution in [3.05, 3.63) is 132 Å². The predicted molar refractivity (Wildman–Crippen MR) is 141 cm³/mol. The number of nitrogens with zero attached hydrogens (tertiary/aromatic N) is 2. The number of para-hydroxylation sites is 1. The molecule has 1 aliphatic rings. The minimum absolute atomic E-state index is 0.103. The first-order valence-electron chi connectivity index (χ1n) is 11.6. The van der Waals surface area contributed by atoms with Crippen LogP contribution in [0.1, 0.15) is 22.7 Å². The van der Waals surface area contributed by atoms with E-state index in [-0.39, 0.29) is 20.4 Å². The van der Waals surface area contributed by atoms with Gasteiger partial charge in [0, 0.05) is 0 Å². The van der Waals surface area contributed by atoms with Crippen molar-refractivity contribution in [2.45, 2.75) is 5.92 Å². The standard InChI is InChI=1S/C31H20N2OSe/c1-2-11-25-23(10-1)24-16-15-22(19-26(24)30(25)28-13-5-6-17-32-28)34-21-9-7-8-20(18-21)31-33-27-12-3-4-14-29(27)35-31/h1-19,30H. The van der Waals surface area contributed by atoms with E-state index in [2.05, 4.69) is 84.9 Å². The van der Waals surface area contributed by atoms with Crippen LogP contribution in [0, 0.1) is 0 Å². The Hall–Kier alpha value is -3.98. The Labute approximate surface area is 209 Å². The quantitative estimate of drug-likeness (QED) is 0.231. The number of hydrogen-bond donors (Lipinski definition) is 0. The molecule has 1 aliphatic carbocycles. The molecular formula is C31H20N2OSe. The molecule has 0 saturated heterocycles. The Bertz CT molecular complexity index is 1660. The van der Waals surface area contributed by atoms with E-state index in [9.17, 15) is 0 Å². The second-order valence-corrected chi connectivity index (χ2v) is 10.8. The van der Waals surface area contributed by atoms with Crippen LogP contribution in [-0.4, -0.2) is 24.5 Å². The summed E-state index contributed by atoms with van der Waals surface area (Å²) in [7, 11) is 0. The molecule has 0 bridgehead atoms. The summed E-state index contributed by atoms with van der Waals surface area (Å²) in [5.74, 6) is 1.75. The molecule has 3 nitrogen and oxygen atoms in total. The van der Waals surface area contributed by atoms with E-state index in [1.54, 1.807) is 0 Å². The molecule has 7 rings (SSSR count). The van der Waals surface area contributed by atoms with Crippen LogP contribution in [0.15, 0.2) is 115 Å². The summed E-state index contributed by atoms with van der Waals surface area (Å²) < 4.78 is 8.87. The zero-order valence-electron chi connectivity index (χ0n) is 18.8. The Balaban J connectivity index is 1.25. The van der Waals surface area contributed by atoms with Gasteiger partial charge in [-0.15, -0.1) is 0 Å². The summed E-state index contributed by atoms with van der Waals surface area (Å²) in [6.07, 6.45) is 1.87. The molecule has 0 spiro atoms. The third kappa shape index (κ3) is 3.59. The van der Waals surface area contributed by atoms with Crippen molar-refractivity contribution in [1.82, 2.24) is 9.97 Å². The van der Waals surface area contributed by atoms with Crippen molar-refractivity contribution in [3.8, 4) is 32.8 Å². The van der Waals surface area contributed by atoms with Crippen LogP contribution in [0.25, 0.3) is 31.0 Å². The normalized spacial score (nSPS) is 14.0. The average molecular weight is 515 g/mol. The van der Waals surface area contributed by atoms with Crippen LogP contribution in [0.2, 0.25) is 0 Å². The molecule has 0 radical (unpaired) electrons. The summed E-state index contributed by atoms with van der Waals surface area (Å²) in [5.41, 5.74) is 8.31. The van der Waals surface area contributed by atoms with Gasteiger partial charge in [-0.05, 0) is 6.07 Å². The maximum atomic E-state index is 6.40. The van der Waals surface area contributed by atoms with Gasteiger partial charge in [-0.1, -0.05) is 0 Å². The minimum atomic E-state index is 0.103. The van der Waals surface area contributed by atoms with Gasteiger partial charge in [0.1, 0.15) is 0 Å². The van der Waals surface area contributed by atoms with Gasteiger partial charge in [0.25, 0.3) is 0 Å². The topological polar surface area (TPSA) is 35.0 Å². The third-order valence-electron chi connectivity index (χ3n) is 6.49. The second-order valence-electron chi connectivity index (χ2n) is 8.64. The number of ether oxygens (including phenoxy) is 1. The van der Waals surface area contributed by atoms with E-state index in [1.807, 2.05) is 30.5 Å². The zero-order chi connectivity index (χ0) is 23.2. The van der Waals surface area contributed by atoms with Gasteiger partial charge in [0.2, 0.25) is 0 Å². The zero-order valence-corrected chi connectivity index (χ0v) is 20.5. The molecule has 1 atom stereocenters. The molecule has 4 heteroatoms. The van der Waals surface area contributed by atoms with Crippen molar-refractivity contribution < 1.29 is 4.74 Å². The third-order valence-corrected chi connectivity index (χ3v) is 8.77. The summed E-state index contributed by atoms with van der Waals surface area (Å²) in [6.45, 7) is 0. The molecule has 0 fully saturated rings. The fourth-order valence-electron chi connectivity index (χ4n) is 4.94. The number of rotatable bonds is 4. The van der Waals surface area contributed by atoms with Gasteiger partial charge in [0.15, 0.2) is 0 Å².